The van der Waals surface area contributed by atoms with E-state index >= 15 is 0 Å². The first-order valence-corrected chi connectivity index (χ1v) is 8.46. The lowest BCUT2D eigenvalue weighted by molar-refractivity contribution is 0.239. The van der Waals surface area contributed by atoms with E-state index in [1.807, 2.05) is 0 Å². The van der Waals surface area contributed by atoms with Crippen molar-refractivity contribution in [3.05, 3.63) is 62.3 Å². The highest BCUT2D eigenvalue weighted by Gasteiger charge is 2.21. The highest BCUT2D eigenvalue weighted by atomic mass is 16.1. The summed E-state index contributed by atoms with van der Waals surface area (Å²) in [5.74, 6) is 0.824. The van der Waals surface area contributed by atoms with E-state index in [1.165, 1.54) is 16.7 Å². The zero-order chi connectivity index (χ0) is 16.4. The van der Waals surface area contributed by atoms with Gasteiger partial charge in [0.05, 0.1) is 5.69 Å². The Bertz CT molecular complexity index is 764. The summed E-state index contributed by atoms with van der Waals surface area (Å²) in [5.41, 5.74) is 5.89. The van der Waals surface area contributed by atoms with Crippen LogP contribution in [-0.4, -0.2) is 21.4 Å². The number of fused-ring (bicyclic) bond motifs is 1. The number of hydrogen-bond acceptors (Lipinski definition) is 3. The maximum absolute atomic E-state index is 12.2. The van der Waals surface area contributed by atoms with Gasteiger partial charge in [-0.05, 0) is 37.8 Å². The number of rotatable bonds is 4. The van der Waals surface area contributed by atoms with Crippen LogP contribution in [-0.2, 0) is 25.9 Å². The van der Waals surface area contributed by atoms with Crippen LogP contribution in [0.4, 0.5) is 0 Å². The molecule has 2 heterocycles. The van der Waals surface area contributed by atoms with Crippen molar-refractivity contribution < 1.29 is 0 Å². The van der Waals surface area contributed by atoms with E-state index in [0.29, 0.717) is 0 Å². The van der Waals surface area contributed by atoms with Gasteiger partial charge in [-0.2, -0.15) is 0 Å². The Morgan fingerprint density at radius 1 is 1.30 bits per heavy atom. The lowest BCUT2D eigenvalue weighted by Gasteiger charge is -2.28. The summed E-state index contributed by atoms with van der Waals surface area (Å²) < 4.78 is 0. The first-order chi connectivity index (χ1) is 11.1. The summed E-state index contributed by atoms with van der Waals surface area (Å²) in [5, 5.41) is 0. The van der Waals surface area contributed by atoms with Gasteiger partial charge in [0.1, 0.15) is 5.82 Å². The molecular formula is C19H25N3O. The van der Waals surface area contributed by atoms with Crippen molar-refractivity contribution in [1.29, 1.82) is 0 Å². The third kappa shape index (κ3) is 3.53. The molecular weight excluding hydrogens is 286 g/mol. The van der Waals surface area contributed by atoms with E-state index in [-0.39, 0.29) is 5.56 Å². The normalized spacial score (nSPS) is 14.7. The number of aromatic nitrogens is 2. The van der Waals surface area contributed by atoms with Gasteiger partial charge in [0.15, 0.2) is 0 Å². The summed E-state index contributed by atoms with van der Waals surface area (Å²) in [6, 6.07) is 6.60. The van der Waals surface area contributed by atoms with Crippen LogP contribution < -0.4 is 5.56 Å². The molecule has 1 aromatic carbocycles. The van der Waals surface area contributed by atoms with E-state index in [9.17, 15) is 4.79 Å². The molecule has 1 aromatic heterocycles. The van der Waals surface area contributed by atoms with Gasteiger partial charge in [0, 0.05) is 31.6 Å². The smallest absolute Gasteiger partial charge is 0.254 e. The number of benzene rings is 1. The first kappa shape index (κ1) is 15.9. The predicted molar refractivity (Wildman–Crippen MR) is 92.6 cm³/mol. The Kier molecular flexibility index (Phi) is 4.62. The Morgan fingerprint density at radius 3 is 2.91 bits per heavy atom. The van der Waals surface area contributed by atoms with E-state index < -0.39 is 0 Å². The molecule has 0 radical (unpaired) electrons. The van der Waals surface area contributed by atoms with Crippen LogP contribution in [0.2, 0.25) is 0 Å². The molecule has 2 aromatic rings. The molecule has 0 aliphatic carbocycles. The standard InChI is InChI=1S/C19H25N3O/c1-4-5-18-20-17-12-22(9-8-16(17)19(23)21-18)11-15-10-13(2)6-7-14(15)3/h6-7,10H,4-5,8-9,11-12H2,1-3H3,(H,20,21,23). The molecule has 1 N–H and O–H groups in total. The Hall–Kier alpha value is -1.94. The summed E-state index contributed by atoms with van der Waals surface area (Å²) in [6.07, 6.45) is 2.61. The van der Waals surface area contributed by atoms with Crippen molar-refractivity contribution in [1.82, 2.24) is 14.9 Å². The van der Waals surface area contributed by atoms with Gasteiger partial charge < -0.3 is 4.98 Å². The molecule has 1 aliphatic rings. The number of hydrogen-bond donors (Lipinski definition) is 1. The summed E-state index contributed by atoms with van der Waals surface area (Å²) in [4.78, 5) is 22.2. The zero-order valence-electron chi connectivity index (χ0n) is 14.3. The van der Waals surface area contributed by atoms with Gasteiger partial charge in [-0.3, -0.25) is 9.69 Å². The van der Waals surface area contributed by atoms with Crippen molar-refractivity contribution >= 4 is 0 Å². The van der Waals surface area contributed by atoms with Gasteiger partial charge in [0.25, 0.3) is 5.56 Å². The van der Waals surface area contributed by atoms with Gasteiger partial charge in [-0.1, -0.05) is 30.7 Å². The Balaban J connectivity index is 1.82. The predicted octanol–water partition coefficient (Wildman–Crippen LogP) is 2.90. The number of nitrogens with zero attached hydrogens (tertiary/aromatic N) is 2. The molecule has 0 atom stereocenters. The largest absolute Gasteiger partial charge is 0.310 e. The van der Waals surface area contributed by atoms with Crippen molar-refractivity contribution in [3.63, 3.8) is 0 Å². The lowest BCUT2D eigenvalue weighted by atomic mass is 10.0. The fraction of sp³-hybridized carbons (Fsp3) is 0.474. The zero-order valence-corrected chi connectivity index (χ0v) is 14.3. The van der Waals surface area contributed by atoms with Gasteiger partial charge in [-0.25, -0.2) is 4.98 Å². The van der Waals surface area contributed by atoms with Crippen LogP contribution in [0.25, 0.3) is 0 Å². The van der Waals surface area contributed by atoms with Crippen LogP contribution >= 0.6 is 0 Å². The molecule has 0 unspecified atom stereocenters. The molecule has 122 valence electrons. The van der Waals surface area contributed by atoms with Crippen molar-refractivity contribution in [2.45, 2.75) is 53.1 Å². The van der Waals surface area contributed by atoms with Crippen LogP contribution in [0.5, 0.6) is 0 Å². The molecule has 0 fully saturated rings. The minimum Gasteiger partial charge on any atom is -0.310 e. The van der Waals surface area contributed by atoms with Gasteiger partial charge >= 0.3 is 0 Å². The summed E-state index contributed by atoms with van der Waals surface area (Å²) >= 11 is 0. The SMILES string of the molecule is CCCc1nc2c(c(=O)[nH]1)CCN(Cc1cc(C)ccc1C)C2. The van der Waals surface area contributed by atoms with Crippen LogP contribution in [0.15, 0.2) is 23.0 Å². The van der Waals surface area contributed by atoms with Crippen LogP contribution in [0.1, 0.15) is 47.1 Å². The highest BCUT2D eigenvalue weighted by Crippen LogP contribution is 2.19. The first-order valence-electron chi connectivity index (χ1n) is 8.46. The average molecular weight is 311 g/mol. The van der Waals surface area contributed by atoms with Crippen LogP contribution in [0, 0.1) is 13.8 Å². The lowest BCUT2D eigenvalue weighted by Crippen LogP contribution is -2.35. The number of H-pyrrole nitrogens is 1. The van der Waals surface area contributed by atoms with E-state index in [2.05, 4.69) is 48.9 Å². The molecule has 1 aliphatic heterocycles. The van der Waals surface area contributed by atoms with E-state index in [1.54, 1.807) is 0 Å². The van der Waals surface area contributed by atoms with Crippen molar-refractivity contribution in [3.8, 4) is 0 Å². The molecule has 0 saturated carbocycles. The molecule has 4 heteroatoms. The molecule has 0 saturated heterocycles. The van der Waals surface area contributed by atoms with Crippen LogP contribution in [0.3, 0.4) is 0 Å². The van der Waals surface area contributed by atoms with E-state index in [0.717, 1.165) is 56.0 Å². The topological polar surface area (TPSA) is 49.0 Å². The molecule has 0 bridgehead atoms. The molecule has 0 amide bonds. The average Bonchev–Trinajstić information content (AvgIpc) is 2.51. The molecule has 4 nitrogen and oxygen atoms in total. The second kappa shape index (κ2) is 6.67. The number of aryl methyl sites for hydroxylation is 3. The molecule has 0 spiro atoms. The second-order valence-electron chi connectivity index (χ2n) is 6.58. The van der Waals surface area contributed by atoms with Crippen molar-refractivity contribution in [2.75, 3.05) is 6.54 Å². The minimum absolute atomic E-state index is 0.0600. The quantitative estimate of drug-likeness (QED) is 0.944. The van der Waals surface area contributed by atoms with Gasteiger partial charge in [-0.15, -0.1) is 0 Å². The minimum atomic E-state index is 0.0600. The highest BCUT2D eigenvalue weighted by molar-refractivity contribution is 5.31. The fourth-order valence-corrected chi connectivity index (χ4v) is 3.25. The Morgan fingerprint density at radius 2 is 2.13 bits per heavy atom. The van der Waals surface area contributed by atoms with E-state index in [4.69, 9.17) is 4.98 Å². The monoisotopic (exact) mass is 311 g/mol. The van der Waals surface area contributed by atoms with Gasteiger partial charge in [0.2, 0.25) is 0 Å². The Labute approximate surface area is 137 Å². The maximum Gasteiger partial charge on any atom is 0.254 e. The summed E-state index contributed by atoms with van der Waals surface area (Å²) in [6.45, 7) is 9.00. The fourth-order valence-electron chi connectivity index (χ4n) is 3.25. The maximum atomic E-state index is 12.2. The number of nitrogens with one attached hydrogen (secondary N) is 1. The summed E-state index contributed by atoms with van der Waals surface area (Å²) in [7, 11) is 0. The molecule has 23 heavy (non-hydrogen) atoms. The molecule has 3 rings (SSSR count). The number of aromatic amines is 1. The third-order valence-electron chi connectivity index (χ3n) is 4.59. The van der Waals surface area contributed by atoms with Crippen molar-refractivity contribution in [2.24, 2.45) is 0 Å². The third-order valence-corrected chi connectivity index (χ3v) is 4.59. The second-order valence-corrected chi connectivity index (χ2v) is 6.58.